The van der Waals surface area contributed by atoms with E-state index in [4.69, 9.17) is 14.4 Å². The van der Waals surface area contributed by atoms with Crippen LogP contribution in [-0.4, -0.2) is 14.5 Å². The number of benzene rings is 4. The van der Waals surface area contributed by atoms with Crippen LogP contribution in [0.5, 0.6) is 0 Å². The summed E-state index contributed by atoms with van der Waals surface area (Å²) < 4.78 is 8.91. The van der Waals surface area contributed by atoms with E-state index in [1.807, 2.05) is 13.0 Å². The van der Waals surface area contributed by atoms with Crippen LogP contribution in [0.1, 0.15) is 17.0 Å². The number of fused-ring (bicyclic) bond motifs is 6. The van der Waals surface area contributed by atoms with Gasteiger partial charge in [-0.15, -0.1) is 0 Å². The first-order chi connectivity index (χ1) is 17.1. The summed E-state index contributed by atoms with van der Waals surface area (Å²) >= 11 is 0. The highest BCUT2D eigenvalue weighted by Gasteiger charge is 2.23. The fourth-order valence-corrected chi connectivity index (χ4v) is 5.29. The van der Waals surface area contributed by atoms with E-state index in [2.05, 4.69) is 97.3 Å². The topological polar surface area (TPSA) is 43.9 Å². The number of para-hydroxylation sites is 2. The molecule has 0 saturated carbocycles. The molecule has 0 spiro atoms. The molecule has 0 bridgehead atoms. The van der Waals surface area contributed by atoms with Gasteiger partial charge in [0.15, 0.2) is 0 Å². The Morgan fingerprint density at radius 2 is 1.37 bits per heavy atom. The largest absolute Gasteiger partial charge is 0.455 e. The molecule has 0 unspecified atom stereocenters. The Morgan fingerprint density at radius 3 is 2.23 bits per heavy atom. The summed E-state index contributed by atoms with van der Waals surface area (Å²) in [4.78, 5) is 9.96. The van der Waals surface area contributed by atoms with Crippen molar-refractivity contribution >= 4 is 43.7 Å². The molecule has 0 atom stereocenters. The number of rotatable bonds is 2. The Balaban J connectivity index is 1.64. The normalized spacial score (nSPS) is 11.9. The summed E-state index contributed by atoms with van der Waals surface area (Å²) in [6.45, 7) is 6.23. The third-order valence-electron chi connectivity index (χ3n) is 7.10. The van der Waals surface area contributed by atoms with Gasteiger partial charge in [-0.3, -0.25) is 9.55 Å². The summed E-state index contributed by atoms with van der Waals surface area (Å²) in [6, 6.07) is 29.5. The molecule has 4 heteroatoms. The van der Waals surface area contributed by atoms with E-state index in [1.165, 1.54) is 5.39 Å². The number of pyridine rings is 1. The van der Waals surface area contributed by atoms with Gasteiger partial charge in [-0.25, -0.2) is 4.98 Å². The first kappa shape index (κ1) is 20.0. The number of aromatic nitrogens is 3. The van der Waals surface area contributed by atoms with Gasteiger partial charge in [0.25, 0.3) is 0 Å². The minimum absolute atomic E-state index is 0.853. The quantitative estimate of drug-likeness (QED) is 0.266. The van der Waals surface area contributed by atoms with Crippen molar-refractivity contribution in [3.8, 4) is 17.1 Å². The Hall–Kier alpha value is -4.44. The predicted molar refractivity (Wildman–Crippen MR) is 143 cm³/mol. The van der Waals surface area contributed by atoms with Gasteiger partial charge in [0.2, 0.25) is 0 Å². The molecule has 0 aliphatic carbocycles. The molecule has 0 N–H and O–H groups in total. The summed E-state index contributed by atoms with van der Waals surface area (Å²) in [5.74, 6) is 0.860. The zero-order valence-corrected chi connectivity index (χ0v) is 19.8. The smallest absolute Gasteiger partial charge is 0.149 e. The molecule has 0 saturated heterocycles. The van der Waals surface area contributed by atoms with E-state index < -0.39 is 0 Å². The molecule has 35 heavy (non-hydrogen) atoms. The summed E-state index contributed by atoms with van der Waals surface area (Å²) in [7, 11) is 0. The van der Waals surface area contributed by atoms with E-state index in [0.717, 1.165) is 72.4 Å². The predicted octanol–water partition coefficient (Wildman–Crippen LogP) is 8.07. The average molecular weight is 454 g/mol. The van der Waals surface area contributed by atoms with Crippen molar-refractivity contribution in [3.05, 3.63) is 102 Å². The van der Waals surface area contributed by atoms with Crippen LogP contribution < -0.4 is 0 Å². The van der Waals surface area contributed by atoms with Crippen LogP contribution in [-0.2, 0) is 0 Å². The Kier molecular flexibility index (Phi) is 4.15. The Labute approximate surface area is 202 Å². The van der Waals surface area contributed by atoms with Gasteiger partial charge in [-0.05, 0) is 56.0 Å². The van der Waals surface area contributed by atoms with E-state index in [0.29, 0.717) is 0 Å². The standard InChI is InChI=1S/C31H23N3O/c1-18-19(2)32-20(3)27-28(18)34(22-11-5-4-6-12-22)31(33-27)26-15-9-14-24-25-17-16-21-10-7-8-13-23(21)29(25)35-30(24)26/h4-17H,1-3H3. The minimum atomic E-state index is 0.853. The average Bonchev–Trinajstić information content (AvgIpc) is 3.48. The highest BCUT2D eigenvalue weighted by Crippen LogP contribution is 2.40. The number of hydrogen-bond acceptors (Lipinski definition) is 3. The molecule has 0 aliphatic rings. The van der Waals surface area contributed by atoms with Gasteiger partial charge < -0.3 is 4.42 Å². The van der Waals surface area contributed by atoms with Crippen LogP contribution in [0, 0.1) is 20.8 Å². The zero-order chi connectivity index (χ0) is 23.7. The van der Waals surface area contributed by atoms with E-state index in [9.17, 15) is 0 Å². The molecule has 3 aromatic heterocycles. The first-order valence-electron chi connectivity index (χ1n) is 11.9. The number of hydrogen-bond donors (Lipinski definition) is 0. The molecule has 3 heterocycles. The Morgan fingerprint density at radius 1 is 0.629 bits per heavy atom. The van der Waals surface area contributed by atoms with E-state index in [1.54, 1.807) is 0 Å². The molecule has 4 nitrogen and oxygen atoms in total. The highest BCUT2D eigenvalue weighted by molar-refractivity contribution is 6.17. The van der Waals surface area contributed by atoms with Crippen molar-refractivity contribution in [2.24, 2.45) is 0 Å². The summed E-state index contributed by atoms with van der Waals surface area (Å²) in [6.07, 6.45) is 0. The zero-order valence-electron chi connectivity index (χ0n) is 19.8. The molecular formula is C31H23N3O. The maximum Gasteiger partial charge on any atom is 0.149 e. The van der Waals surface area contributed by atoms with Crippen LogP contribution in [0.15, 0.2) is 89.3 Å². The molecule has 0 amide bonds. The SMILES string of the molecule is Cc1nc(C)c2nc(-c3cccc4c3oc3c5ccccc5ccc43)n(-c3ccccc3)c2c1C. The lowest BCUT2D eigenvalue weighted by Gasteiger charge is -2.12. The molecule has 0 fully saturated rings. The van der Waals surface area contributed by atoms with E-state index >= 15 is 0 Å². The minimum Gasteiger partial charge on any atom is -0.455 e. The van der Waals surface area contributed by atoms with Crippen molar-refractivity contribution < 1.29 is 4.42 Å². The fourth-order valence-electron chi connectivity index (χ4n) is 5.29. The molecule has 7 aromatic rings. The second kappa shape index (κ2) is 7.28. The summed E-state index contributed by atoms with van der Waals surface area (Å²) in [5, 5.41) is 4.51. The maximum atomic E-state index is 6.65. The number of nitrogens with zero attached hydrogens (tertiary/aromatic N) is 3. The molecule has 7 rings (SSSR count). The molecular weight excluding hydrogens is 430 g/mol. The van der Waals surface area contributed by atoms with Crippen molar-refractivity contribution in [1.29, 1.82) is 0 Å². The third kappa shape index (κ3) is 2.80. The fraction of sp³-hybridized carbons (Fsp3) is 0.0968. The van der Waals surface area contributed by atoms with Gasteiger partial charge >= 0.3 is 0 Å². The van der Waals surface area contributed by atoms with Gasteiger partial charge in [0.1, 0.15) is 22.5 Å². The highest BCUT2D eigenvalue weighted by atomic mass is 16.3. The molecule has 0 aliphatic heterocycles. The first-order valence-corrected chi connectivity index (χ1v) is 11.9. The maximum absolute atomic E-state index is 6.65. The lowest BCUT2D eigenvalue weighted by molar-refractivity contribution is 0.673. The third-order valence-corrected chi connectivity index (χ3v) is 7.10. The van der Waals surface area contributed by atoms with Crippen LogP contribution in [0.2, 0.25) is 0 Å². The molecule has 0 radical (unpaired) electrons. The van der Waals surface area contributed by atoms with Gasteiger partial charge in [0.05, 0.1) is 16.8 Å². The number of furan rings is 1. The summed E-state index contributed by atoms with van der Waals surface area (Å²) in [5.41, 5.74) is 8.91. The van der Waals surface area contributed by atoms with Crippen LogP contribution in [0.4, 0.5) is 0 Å². The van der Waals surface area contributed by atoms with Gasteiger partial charge in [-0.2, -0.15) is 0 Å². The van der Waals surface area contributed by atoms with Crippen molar-refractivity contribution in [3.63, 3.8) is 0 Å². The van der Waals surface area contributed by atoms with Crippen LogP contribution in [0.3, 0.4) is 0 Å². The molecule has 168 valence electrons. The van der Waals surface area contributed by atoms with E-state index in [-0.39, 0.29) is 0 Å². The molecule has 4 aromatic carbocycles. The lowest BCUT2D eigenvalue weighted by Crippen LogP contribution is -2.00. The van der Waals surface area contributed by atoms with Gasteiger partial charge in [0, 0.05) is 27.5 Å². The second-order valence-electron chi connectivity index (χ2n) is 9.16. The van der Waals surface area contributed by atoms with Crippen LogP contribution in [0.25, 0.3) is 60.8 Å². The van der Waals surface area contributed by atoms with Crippen LogP contribution >= 0.6 is 0 Å². The second-order valence-corrected chi connectivity index (χ2v) is 9.16. The van der Waals surface area contributed by atoms with Crippen molar-refractivity contribution in [1.82, 2.24) is 14.5 Å². The number of aryl methyl sites for hydroxylation is 3. The number of imidazole rings is 1. The van der Waals surface area contributed by atoms with Crippen molar-refractivity contribution in [2.45, 2.75) is 20.8 Å². The van der Waals surface area contributed by atoms with Gasteiger partial charge in [-0.1, -0.05) is 60.7 Å². The van der Waals surface area contributed by atoms with Crippen molar-refractivity contribution in [2.75, 3.05) is 0 Å². The Bertz CT molecular complexity index is 1930. The monoisotopic (exact) mass is 453 g/mol. The lowest BCUT2D eigenvalue weighted by atomic mass is 10.0.